The van der Waals surface area contributed by atoms with Crippen LogP contribution in [0.25, 0.3) is 6.08 Å². The Morgan fingerprint density at radius 2 is 1.89 bits per heavy atom. The van der Waals surface area contributed by atoms with E-state index in [0.717, 1.165) is 16.9 Å². The lowest BCUT2D eigenvalue weighted by atomic mass is 10.1. The third-order valence-electron chi connectivity index (χ3n) is 2.51. The number of carbonyl (C=O) groups is 1. The maximum absolute atomic E-state index is 11.3. The van der Waals surface area contributed by atoms with E-state index in [1.807, 2.05) is 51.1 Å². The Balaban J connectivity index is 2.11. The van der Waals surface area contributed by atoms with Gasteiger partial charge in [-0.3, -0.25) is 0 Å². The van der Waals surface area contributed by atoms with Gasteiger partial charge in [-0.2, -0.15) is 0 Å². The number of cyclic esters (lactones) is 1. The van der Waals surface area contributed by atoms with Gasteiger partial charge in [-0.25, -0.2) is 4.79 Å². The zero-order valence-corrected chi connectivity index (χ0v) is 11.0. The summed E-state index contributed by atoms with van der Waals surface area (Å²) in [6.45, 7) is 6.53. The first-order valence-electron chi connectivity index (χ1n) is 6.11. The topological polar surface area (TPSA) is 35.5 Å². The maximum atomic E-state index is 11.3. The van der Waals surface area contributed by atoms with Gasteiger partial charge in [0.1, 0.15) is 11.4 Å². The van der Waals surface area contributed by atoms with Gasteiger partial charge < -0.3 is 9.47 Å². The monoisotopic (exact) mass is 246 g/mol. The van der Waals surface area contributed by atoms with Gasteiger partial charge in [0.15, 0.2) is 0 Å². The van der Waals surface area contributed by atoms with Gasteiger partial charge in [0.2, 0.25) is 0 Å². The molecule has 0 amide bonds. The maximum Gasteiger partial charge on any atom is 0.334 e. The molecule has 0 saturated carbocycles. The molecule has 3 nitrogen and oxygen atoms in total. The molecule has 1 aromatic rings. The van der Waals surface area contributed by atoms with Gasteiger partial charge in [0.05, 0.1) is 6.61 Å². The van der Waals surface area contributed by atoms with E-state index in [4.69, 9.17) is 9.47 Å². The van der Waals surface area contributed by atoms with E-state index < -0.39 is 0 Å². The fourth-order valence-electron chi connectivity index (χ4n) is 1.77. The van der Waals surface area contributed by atoms with Crippen LogP contribution < -0.4 is 4.74 Å². The Bertz CT molecular complexity index is 464. The van der Waals surface area contributed by atoms with Crippen LogP contribution in [0.3, 0.4) is 0 Å². The molecule has 0 N–H and O–H groups in total. The molecular weight excluding hydrogens is 228 g/mol. The van der Waals surface area contributed by atoms with Gasteiger partial charge >= 0.3 is 5.97 Å². The molecule has 0 atom stereocenters. The van der Waals surface area contributed by atoms with Crippen LogP contribution in [0, 0.1) is 0 Å². The van der Waals surface area contributed by atoms with Crippen molar-refractivity contribution >= 4 is 12.0 Å². The minimum absolute atomic E-state index is 0.199. The summed E-state index contributed by atoms with van der Waals surface area (Å²) < 4.78 is 10.6. The molecule has 2 rings (SSSR count). The quantitative estimate of drug-likeness (QED) is 0.594. The SMILES string of the molecule is CC(C)(C)Oc1ccc(C=C2CCOC2=O)cc1. The highest BCUT2D eigenvalue weighted by Crippen LogP contribution is 2.21. The fourth-order valence-corrected chi connectivity index (χ4v) is 1.77. The predicted octanol–water partition coefficient (Wildman–Crippen LogP) is 3.19. The second-order valence-electron chi connectivity index (χ2n) is 5.34. The van der Waals surface area contributed by atoms with Crippen molar-refractivity contribution in [2.24, 2.45) is 0 Å². The highest BCUT2D eigenvalue weighted by Gasteiger charge is 2.18. The molecule has 1 fully saturated rings. The molecule has 1 heterocycles. The van der Waals surface area contributed by atoms with Crippen molar-refractivity contribution in [3.05, 3.63) is 35.4 Å². The normalized spacial score (nSPS) is 17.9. The minimum Gasteiger partial charge on any atom is -0.488 e. The van der Waals surface area contributed by atoms with Gasteiger partial charge in [-0.15, -0.1) is 0 Å². The summed E-state index contributed by atoms with van der Waals surface area (Å²) in [5.41, 5.74) is 1.53. The molecule has 0 bridgehead atoms. The lowest BCUT2D eigenvalue weighted by Gasteiger charge is -2.21. The van der Waals surface area contributed by atoms with Gasteiger partial charge in [-0.05, 0) is 44.5 Å². The van der Waals surface area contributed by atoms with Crippen LogP contribution in [0.1, 0.15) is 32.8 Å². The molecule has 0 spiro atoms. The second kappa shape index (κ2) is 4.84. The average Bonchev–Trinajstić information content (AvgIpc) is 2.65. The zero-order valence-electron chi connectivity index (χ0n) is 11.0. The number of ether oxygens (including phenoxy) is 2. The molecule has 3 heteroatoms. The van der Waals surface area contributed by atoms with E-state index in [0.29, 0.717) is 13.0 Å². The molecule has 1 aliphatic heterocycles. The van der Waals surface area contributed by atoms with Crippen molar-refractivity contribution in [1.82, 2.24) is 0 Å². The number of hydrogen-bond acceptors (Lipinski definition) is 3. The number of rotatable bonds is 2. The molecule has 0 aromatic heterocycles. The van der Waals surface area contributed by atoms with Crippen LogP contribution in [0.5, 0.6) is 5.75 Å². The lowest BCUT2D eigenvalue weighted by Crippen LogP contribution is -2.22. The third-order valence-corrected chi connectivity index (χ3v) is 2.51. The Kier molecular flexibility index (Phi) is 3.41. The Hall–Kier alpha value is -1.77. The number of carbonyl (C=O) groups excluding carboxylic acids is 1. The van der Waals surface area contributed by atoms with Crippen LogP contribution in [-0.2, 0) is 9.53 Å². The van der Waals surface area contributed by atoms with E-state index in [1.165, 1.54) is 0 Å². The standard InChI is InChI=1S/C15H18O3/c1-15(2,3)18-13-6-4-11(5-7-13)10-12-8-9-17-14(12)16/h4-7,10H,8-9H2,1-3H3. The Labute approximate surface area is 107 Å². The van der Waals surface area contributed by atoms with E-state index in [-0.39, 0.29) is 11.6 Å². The summed E-state index contributed by atoms with van der Waals surface area (Å²) in [6, 6.07) is 7.72. The van der Waals surface area contributed by atoms with Crippen molar-refractivity contribution in [1.29, 1.82) is 0 Å². The van der Waals surface area contributed by atoms with Crippen LogP contribution in [0.15, 0.2) is 29.8 Å². The molecule has 0 unspecified atom stereocenters. The third kappa shape index (κ3) is 3.36. The smallest absolute Gasteiger partial charge is 0.334 e. The fraction of sp³-hybridized carbons (Fsp3) is 0.400. The first-order valence-corrected chi connectivity index (χ1v) is 6.11. The second-order valence-corrected chi connectivity index (χ2v) is 5.34. The number of benzene rings is 1. The van der Waals surface area contributed by atoms with Crippen molar-refractivity contribution in [3.8, 4) is 5.75 Å². The highest BCUT2D eigenvalue weighted by molar-refractivity contribution is 5.95. The van der Waals surface area contributed by atoms with E-state index in [2.05, 4.69) is 0 Å². The van der Waals surface area contributed by atoms with Crippen molar-refractivity contribution in [3.63, 3.8) is 0 Å². The summed E-state index contributed by atoms with van der Waals surface area (Å²) >= 11 is 0. The summed E-state index contributed by atoms with van der Waals surface area (Å²) in [4.78, 5) is 11.3. The Morgan fingerprint density at radius 3 is 2.39 bits per heavy atom. The first kappa shape index (κ1) is 12.7. The van der Waals surface area contributed by atoms with Gasteiger partial charge in [-0.1, -0.05) is 12.1 Å². The van der Waals surface area contributed by atoms with Crippen molar-refractivity contribution in [2.75, 3.05) is 6.61 Å². The van der Waals surface area contributed by atoms with Crippen molar-refractivity contribution in [2.45, 2.75) is 32.8 Å². The molecular formula is C15H18O3. The molecule has 96 valence electrons. The number of hydrogen-bond donors (Lipinski definition) is 0. The van der Waals surface area contributed by atoms with Crippen LogP contribution >= 0.6 is 0 Å². The molecule has 0 aliphatic carbocycles. The number of esters is 1. The molecule has 18 heavy (non-hydrogen) atoms. The van der Waals surface area contributed by atoms with Crippen LogP contribution in [0.4, 0.5) is 0 Å². The van der Waals surface area contributed by atoms with Crippen LogP contribution in [-0.4, -0.2) is 18.2 Å². The Morgan fingerprint density at radius 1 is 1.22 bits per heavy atom. The van der Waals surface area contributed by atoms with Crippen molar-refractivity contribution < 1.29 is 14.3 Å². The van der Waals surface area contributed by atoms with E-state index in [1.54, 1.807) is 0 Å². The highest BCUT2D eigenvalue weighted by atomic mass is 16.5. The average molecular weight is 246 g/mol. The largest absolute Gasteiger partial charge is 0.488 e. The van der Waals surface area contributed by atoms with E-state index in [9.17, 15) is 4.79 Å². The minimum atomic E-state index is -0.204. The molecule has 0 radical (unpaired) electrons. The summed E-state index contributed by atoms with van der Waals surface area (Å²) in [5.74, 6) is 0.628. The molecule has 1 aliphatic rings. The van der Waals surface area contributed by atoms with Gasteiger partial charge in [0, 0.05) is 12.0 Å². The summed E-state index contributed by atoms with van der Waals surface area (Å²) in [6.07, 6.45) is 2.56. The lowest BCUT2D eigenvalue weighted by molar-refractivity contribution is -0.134. The van der Waals surface area contributed by atoms with E-state index >= 15 is 0 Å². The summed E-state index contributed by atoms with van der Waals surface area (Å²) in [5, 5.41) is 0. The molecule has 1 aromatic carbocycles. The van der Waals surface area contributed by atoms with Crippen LogP contribution in [0.2, 0.25) is 0 Å². The first-order chi connectivity index (χ1) is 8.44. The predicted molar refractivity (Wildman–Crippen MR) is 70.4 cm³/mol. The zero-order chi connectivity index (χ0) is 13.2. The van der Waals surface area contributed by atoms with Gasteiger partial charge in [0.25, 0.3) is 0 Å². The molecule has 1 saturated heterocycles. The summed E-state index contributed by atoms with van der Waals surface area (Å²) in [7, 11) is 0.